The fourth-order valence-electron chi connectivity index (χ4n) is 1.38. The quantitative estimate of drug-likeness (QED) is 0.801. The van der Waals surface area contributed by atoms with Crippen molar-refractivity contribution in [1.29, 1.82) is 0 Å². The molecule has 0 spiro atoms. The summed E-state index contributed by atoms with van der Waals surface area (Å²) in [7, 11) is 0. The summed E-state index contributed by atoms with van der Waals surface area (Å²) in [6, 6.07) is 6.48. The Balaban J connectivity index is 2.45. The minimum Gasteiger partial charge on any atom is -0.360 e. The molecule has 0 N–H and O–H groups in total. The van der Waals surface area contributed by atoms with Crippen molar-refractivity contribution in [3.63, 3.8) is 0 Å². The fourth-order valence-corrected chi connectivity index (χ4v) is 1.88. The lowest BCUT2D eigenvalue weighted by molar-refractivity contribution is -0.106. The van der Waals surface area contributed by atoms with Crippen molar-refractivity contribution >= 4 is 41.1 Å². The smallest absolute Gasteiger partial charge is 0.220 e. The molecule has 0 unspecified atom stereocenters. The van der Waals surface area contributed by atoms with Crippen LogP contribution in [-0.4, -0.2) is 11.6 Å². The van der Waals surface area contributed by atoms with Gasteiger partial charge in [-0.25, -0.2) is 0 Å². The van der Waals surface area contributed by atoms with Gasteiger partial charge in [0.05, 0.1) is 10.7 Å². The maximum atomic E-state index is 11.1. The van der Waals surface area contributed by atoms with Crippen molar-refractivity contribution in [3.05, 3.63) is 40.1 Å². The molecule has 1 aromatic heterocycles. The first-order chi connectivity index (χ1) is 8.11. The molecule has 2 rings (SSSR count). The first-order valence-corrected chi connectivity index (χ1v) is 5.50. The Morgan fingerprint density at radius 1 is 1.35 bits per heavy atom. The molecule has 0 radical (unpaired) electrons. The maximum Gasteiger partial charge on any atom is 0.220 e. The first kappa shape index (κ1) is 12.0. The lowest BCUT2D eigenvalue weighted by Crippen LogP contribution is -2.14. The van der Waals surface area contributed by atoms with E-state index < -0.39 is 0 Å². The lowest BCUT2D eigenvalue weighted by atomic mass is 10.3. The van der Waals surface area contributed by atoms with Gasteiger partial charge in [0, 0.05) is 11.1 Å². The molecule has 0 aliphatic rings. The predicted molar refractivity (Wildman–Crippen MR) is 65.9 cm³/mol. The third kappa shape index (κ3) is 2.43. The average molecular weight is 271 g/mol. The highest BCUT2D eigenvalue weighted by atomic mass is 35.5. The Morgan fingerprint density at radius 2 is 2.12 bits per heavy atom. The van der Waals surface area contributed by atoms with Crippen molar-refractivity contribution in [1.82, 2.24) is 5.16 Å². The highest BCUT2D eigenvalue weighted by Gasteiger charge is 2.15. The van der Waals surface area contributed by atoms with Gasteiger partial charge in [-0.05, 0) is 25.1 Å². The standard InChI is InChI=1S/C11H8Cl2N2O2/c1-7-4-11(14-17-7)15(6-16)10-3-2-8(12)5-9(10)13/h2-6H,1H3. The first-order valence-electron chi connectivity index (χ1n) is 4.74. The maximum absolute atomic E-state index is 11.1. The van der Waals surface area contributed by atoms with Crippen LogP contribution in [0.5, 0.6) is 0 Å². The van der Waals surface area contributed by atoms with Crippen LogP contribution in [0.25, 0.3) is 0 Å². The Morgan fingerprint density at radius 3 is 2.65 bits per heavy atom. The third-order valence-corrected chi connectivity index (χ3v) is 2.67. The number of hydrogen-bond acceptors (Lipinski definition) is 3. The van der Waals surface area contributed by atoms with E-state index in [0.29, 0.717) is 33.7 Å². The molecule has 0 fully saturated rings. The molecule has 17 heavy (non-hydrogen) atoms. The minimum atomic E-state index is 0.366. The van der Waals surface area contributed by atoms with Crippen molar-refractivity contribution in [3.8, 4) is 0 Å². The van der Waals surface area contributed by atoms with E-state index in [1.54, 1.807) is 31.2 Å². The van der Waals surface area contributed by atoms with Crippen LogP contribution in [0.15, 0.2) is 28.8 Å². The number of aryl methyl sites for hydroxylation is 1. The number of nitrogens with zero attached hydrogens (tertiary/aromatic N) is 2. The van der Waals surface area contributed by atoms with Gasteiger partial charge in [0.15, 0.2) is 5.82 Å². The zero-order valence-electron chi connectivity index (χ0n) is 8.85. The monoisotopic (exact) mass is 270 g/mol. The Kier molecular flexibility index (Phi) is 3.36. The van der Waals surface area contributed by atoms with Crippen LogP contribution in [0.3, 0.4) is 0 Å². The van der Waals surface area contributed by atoms with E-state index in [-0.39, 0.29) is 0 Å². The molecule has 1 heterocycles. The summed E-state index contributed by atoms with van der Waals surface area (Å²) < 4.78 is 4.91. The fraction of sp³-hybridized carbons (Fsp3) is 0.0909. The van der Waals surface area contributed by atoms with E-state index in [2.05, 4.69) is 5.16 Å². The van der Waals surface area contributed by atoms with E-state index in [0.717, 1.165) is 0 Å². The Bertz CT molecular complexity index is 554. The zero-order valence-corrected chi connectivity index (χ0v) is 10.4. The number of anilines is 2. The molecule has 0 aliphatic heterocycles. The molecule has 0 saturated carbocycles. The molecule has 1 amide bonds. The second kappa shape index (κ2) is 4.77. The largest absolute Gasteiger partial charge is 0.360 e. The van der Waals surface area contributed by atoms with E-state index in [4.69, 9.17) is 27.7 Å². The number of hydrogen-bond donors (Lipinski definition) is 0. The van der Waals surface area contributed by atoms with Gasteiger partial charge < -0.3 is 4.52 Å². The summed E-state index contributed by atoms with van der Waals surface area (Å²) in [6.07, 6.45) is 0.617. The van der Waals surface area contributed by atoms with Crippen LogP contribution in [-0.2, 0) is 4.79 Å². The van der Waals surface area contributed by atoms with Crippen LogP contribution in [0.1, 0.15) is 5.76 Å². The van der Waals surface area contributed by atoms with Crippen LogP contribution in [0, 0.1) is 6.92 Å². The molecule has 88 valence electrons. The SMILES string of the molecule is Cc1cc(N(C=O)c2ccc(Cl)cc2Cl)no1. The molecule has 1 aromatic carbocycles. The second-order valence-corrected chi connectivity index (χ2v) is 4.21. The summed E-state index contributed by atoms with van der Waals surface area (Å²) in [5.41, 5.74) is 0.499. The summed E-state index contributed by atoms with van der Waals surface area (Å²) in [4.78, 5) is 12.4. The van der Waals surface area contributed by atoms with Crippen molar-refractivity contribution in [2.75, 3.05) is 4.90 Å². The second-order valence-electron chi connectivity index (χ2n) is 3.37. The molecule has 0 aliphatic carbocycles. The highest BCUT2D eigenvalue weighted by molar-refractivity contribution is 6.36. The summed E-state index contributed by atoms with van der Waals surface area (Å²) in [5, 5.41) is 4.62. The van der Waals surface area contributed by atoms with Crippen molar-refractivity contribution in [2.45, 2.75) is 6.92 Å². The number of carbonyl (C=O) groups is 1. The molecule has 0 saturated heterocycles. The minimum absolute atomic E-state index is 0.366. The summed E-state index contributed by atoms with van der Waals surface area (Å²) in [6.45, 7) is 1.74. The van der Waals surface area contributed by atoms with Crippen LogP contribution in [0.2, 0.25) is 10.0 Å². The van der Waals surface area contributed by atoms with Crippen LogP contribution >= 0.6 is 23.2 Å². The van der Waals surface area contributed by atoms with Gasteiger partial charge in [0.25, 0.3) is 0 Å². The molecule has 2 aromatic rings. The topological polar surface area (TPSA) is 46.3 Å². The number of aromatic nitrogens is 1. The van der Waals surface area contributed by atoms with E-state index >= 15 is 0 Å². The average Bonchev–Trinajstić information content (AvgIpc) is 2.69. The number of rotatable bonds is 3. The van der Waals surface area contributed by atoms with Gasteiger partial charge in [-0.15, -0.1) is 0 Å². The molecule has 6 heteroatoms. The number of amides is 1. The lowest BCUT2D eigenvalue weighted by Gasteiger charge is -2.15. The van der Waals surface area contributed by atoms with E-state index in [1.165, 1.54) is 4.90 Å². The zero-order chi connectivity index (χ0) is 12.4. The van der Waals surface area contributed by atoms with Crippen LogP contribution < -0.4 is 4.90 Å². The van der Waals surface area contributed by atoms with Crippen molar-refractivity contribution in [2.24, 2.45) is 0 Å². The van der Waals surface area contributed by atoms with Gasteiger partial charge >= 0.3 is 0 Å². The molecular formula is C11H8Cl2N2O2. The summed E-state index contributed by atoms with van der Waals surface area (Å²) in [5.74, 6) is 0.985. The molecular weight excluding hydrogens is 263 g/mol. The highest BCUT2D eigenvalue weighted by Crippen LogP contribution is 2.32. The van der Waals surface area contributed by atoms with Gasteiger partial charge in [-0.2, -0.15) is 0 Å². The number of benzene rings is 1. The normalized spacial score (nSPS) is 10.3. The van der Waals surface area contributed by atoms with Gasteiger partial charge in [-0.3, -0.25) is 9.69 Å². The van der Waals surface area contributed by atoms with Gasteiger partial charge in [-0.1, -0.05) is 28.4 Å². The van der Waals surface area contributed by atoms with Gasteiger partial charge in [0.1, 0.15) is 5.76 Å². The van der Waals surface area contributed by atoms with Crippen molar-refractivity contribution < 1.29 is 9.32 Å². The van der Waals surface area contributed by atoms with Gasteiger partial charge in [0.2, 0.25) is 6.41 Å². The van der Waals surface area contributed by atoms with Crippen LogP contribution in [0.4, 0.5) is 11.5 Å². The summed E-state index contributed by atoms with van der Waals surface area (Å²) >= 11 is 11.8. The Labute approximate surface area is 108 Å². The van der Waals surface area contributed by atoms with E-state index in [9.17, 15) is 4.79 Å². The Hall–Kier alpha value is -1.52. The molecule has 0 bridgehead atoms. The van der Waals surface area contributed by atoms with E-state index in [1.807, 2.05) is 0 Å². The molecule has 4 nitrogen and oxygen atoms in total. The molecule has 0 atom stereocenters. The number of halogens is 2. The predicted octanol–water partition coefficient (Wildman–Crippen LogP) is 3.58. The third-order valence-electron chi connectivity index (χ3n) is 2.14. The number of carbonyl (C=O) groups excluding carboxylic acids is 1.